The predicted octanol–water partition coefficient (Wildman–Crippen LogP) is 2.51. The molecule has 1 saturated heterocycles. The van der Waals surface area contributed by atoms with Crippen molar-refractivity contribution in [2.75, 3.05) is 29.1 Å². The van der Waals surface area contributed by atoms with E-state index in [9.17, 15) is 10.1 Å². The van der Waals surface area contributed by atoms with E-state index in [2.05, 4.69) is 35.4 Å². The van der Waals surface area contributed by atoms with Gasteiger partial charge in [-0.05, 0) is 31.4 Å². The van der Waals surface area contributed by atoms with Gasteiger partial charge >= 0.3 is 0 Å². The van der Waals surface area contributed by atoms with E-state index in [4.69, 9.17) is 4.42 Å². The highest BCUT2D eigenvalue weighted by Gasteiger charge is 2.18. The Labute approximate surface area is 176 Å². The maximum atomic E-state index is 12.4. The Hall–Kier alpha value is -3.52. The van der Waals surface area contributed by atoms with Crippen LogP contribution < -0.4 is 10.2 Å². The molecule has 4 rings (SSSR count). The van der Waals surface area contributed by atoms with Crippen molar-refractivity contribution in [1.29, 1.82) is 5.26 Å². The van der Waals surface area contributed by atoms with Crippen LogP contribution in [0.25, 0.3) is 11.5 Å². The van der Waals surface area contributed by atoms with Crippen LogP contribution in [0.3, 0.4) is 0 Å². The minimum Gasteiger partial charge on any atom is -0.411 e. The largest absolute Gasteiger partial charge is 0.411 e. The molecule has 1 aliphatic rings. The standard InChI is InChI=1S/C19H18N8O2S/c20-9-14-11-22-18(27-7-2-1-3-8-27)24-16(14)23-15(28)12-30-19-26-25-17(29-19)13-5-4-6-21-10-13/h4-6,10-11H,1-3,7-8,12H2,(H,22,23,24,28). The zero-order valence-corrected chi connectivity index (χ0v) is 16.8. The number of nitriles is 1. The molecule has 0 aliphatic carbocycles. The number of nitrogens with one attached hydrogen (secondary N) is 1. The van der Waals surface area contributed by atoms with E-state index in [1.807, 2.05) is 6.07 Å². The summed E-state index contributed by atoms with van der Waals surface area (Å²) in [6.45, 7) is 1.73. The fourth-order valence-electron chi connectivity index (χ4n) is 2.97. The third kappa shape index (κ3) is 4.72. The zero-order chi connectivity index (χ0) is 20.8. The molecule has 0 bridgehead atoms. The molecule has 0 unspecified atom stereocenters. The quantitative estimate of drug-likeness (QED) is 0.590. The minimum atomic E-state index is -0.332. The van der Waals surface area contributed by atoms with Crippen LogP contribution in [0.5, 0.6) is 0 Å². The Morgan fingerprint density at radius 2 is 2.13 bits per heavy atom. The van der Waals surface area contributed by atoms with Gasteiger partial charge in [-0.2, -0.15) is 10.2 Å². The van der Waals surface area contributed by atoms with Crippen LogP contribution in [0.15, 0.2) is 40.4 Å². The SMILES string of the molecule is N#Cc1cnc(N2CCCCC2)nc1NC(=O)CSc1nnc(-c2cccnc2)o1. The van der Waals surface area contributed by atoms with Gasteiger partial charge in [-0.3, -0.25) is 9.78 Å². The van der Waals surface area contributed by atoms with Crippen LogP contribution in [0.4, 0.5) is 11.8 Å². The van der Waals surface area contributed by atoms with E-state index in [1.165, 1.54) is 12.6 Å². The van der Waals surface area contributed by atoms with Gasteiger partial charge in [-0.25, -0.2) is 4.98 Å². The Morgan fingerprint density at radius 1 is 1.27 bits per heavy atom. The Morgan fingerprint density at radius 3 is 2.90 bits per heavy atom. The molecular weight excluding hydrogens is 404 g/mol. The molecule has 0 saturated carbocycles. The number of carbonyl (C=O) groups is 1. The van der Waals surface area contributed by atoms with E-state index < -0.39 is 0 Å². The highest BCUT2D eigenvalue weighted by Crippen LogP contribution is 2.23. The molecule has 0 radical (unpaired) electrons. The molecule has 1 N–H and O–H groups in total. The topological polar surface area (TPSA) is 134 Å². The van der Waals surface area contributed by atoms with Gasteiger partial charge in [0.05, 0.1) is 17.5 Å². The van der Waals surface area contributed by atoms with Gasteiger partial charge in [-0.15, -0.1) is 10.2 Å². The fraction of sp³-hybridized carbons (Fsp3) is 0.316. The molecule has 10 nitrogen and oxygen atoms in total. The van der Waals surface area contributed by atoms with Gasteiger partial charge in [-0.1, -0.05) is 11.8 Å². The molecule has 11 heteroatoms. The van der Waals surface area contributed by atoms with Crippen molar-refractivity contribution in [1.82, 2.24) is 25.1 Å². The molecule has 1 amide bonds. The molecule has 3 aromatic heterocycles. The van der Waals surface area contributed by atoms with Gasteiger partial charge in [0.15, 0.2) is 5.82 Å². The van der Waals surface area contributed by atoms with Crippen molar-refractivity contribution in [3.05, 3.63) is 36.3 Å². The first-order valence-corrected chi connectivity index (χ1v) is 10.4. The molecule has 0 atom stereocenters. The van der Waals surface area contributed by atoms with Gasteiger partial charge in [0.25, 0.3) is 5.22 Å². The number of hydrogen-bond acceptors (Lipinski definition) is 10. The second-order valence-corrected chi connectivity index (χ2v) is 7.47. The second kappa shape index (κ2) is 9.32. The number of pyridine rings is 1. The van der Waals surface area contributed by atoms with Gasteiger partial charge in [0.1, 0.15) is 11.6 Å². The molecule has 30 heavy (non-hydrogen) atoms. The highest BCUT2D eigenvalue weighted by molar-refractivity contribution is 7.99. The van der Waals surface area contributed by atoms with Crippen molar-refractivity contribution in [3.63, 3.8) is 0 Å². The maximum Gasteiger partial charge on any atom is 0.277 e. The first-order valence-electron chi connectivity index (χ1n) is 9.41. The third-order valence-corrected chi connectivity index (χ3v) is 5.25. The summed E-state index contributed by atoms with van der Waals surface area (Å²) in [4.78, 5) is 27.1. The third-order valence-electron chi connectivity index (χ3n) is 4.43. The van der Waals surface area contributed by atoms with Crippen LogP contribution >= 0.6 is 11.8 Å². The van der Waals surface area contributed by atoms with Gasteiger partial charge in [0.2, 0.25) is 17.7 Å². The molecular formula is C19H18N8O2S. The summed E-state index contributed by atoms with van der Waals surface area (Å²) in [5.74, 6) is 0.762. The van der Waals surface area contributed by atoms with Crippen LogP contribution in [-0.4, -0.2) is 49.9 Å². The number of hydrogen-bond donors (Lipinski definition) is 1. The molecule has 0 aromatic carbocycles. The average Bonchev–Trinajstić information content (AvgIpc) is 3.28. The average molecular weight is 422 g/mol. The monoisotopic (exact) mass is 422 g/mol. The van der Waals surface area contributed by atoms with Crippen molar-refractivity contribution in [3.8, 4) is 17.5 Å². The summed E-state index contributed by atoms with van der Waals surface area (Å²) in [5.41, 5.74) is 0.914. The summed E-state index contributed by atoms with van der Waals surface area (Å²) in [6, 6.07) is 5.59. The maximum absolute atomic E-state index is 12.4. The summed E-state index contributed by atoms with van der Waals surface area (Å²) in [7, 11) is 0. The summed E-state index contributed by atoms with van der Waals surface area (Å²) < 4.78 is 5.55. The lowest BCUT2D eigenvalue weighted by molar-refractivity contribution is -0.113. The van der Waals surface area contributed by atoms with Crippen molar-refractivity contribution >= 4 is 29.4 Å². The molecule has 3 aromatic rings. The smallest absolute Gasteiger partial charge is 0.277 e. The zero-order valence-electron chi connectivity index (χ0n) is 16.0. The Kier molecular flexibility index (Phi) is 6.14. The van der Waals surface area contributed by atoms with Gasteiger partial charge < -0.3 is 14.6 Å². The summed E-state index contributed by atoms with van der Waals surface area (Å²) in [5, 5.41) is 20.2. The van der Waals surface area contributed by atoms with Crippen molar-refractivity contribution in [2.24, 2.45) is 0 Å². The minimum absolute atomic E-state index is 0.0303. The van der Waals surface area contributed by atoms with Crippen molar-refractivity contribution < 1.29 is 9.21 Å². The van der Waals surface area contributed by atoms with Gasteiger partial charge in [0, 0.05) is 25.5 Å². The number of aromatic nitrogens is 5. The number of anilines is 2. The molecule has 1 fully saturated rings. The first kappa shape index (κ1) is 19.8. The summed E-state index contributed by atoms with van der Waals surface area (Å²) in [6.07, 6.45) is 8.05. The number of amides is 1. The second-order valence-electron chi connectivity index (χ2n) is 6.54. The normalized spacial score (nSPS) is 13.6. The number of piperidine rings is 1. The number of thioether (sulfide) groups is 1. The molecule has 0 spiro atoms. The van der Waals surface area contributed by atoms with E-state index in [0.29, 0.717) is 17.4 Å². The molecule has 4 heterocycles. The molecule has 1 aliphatic heterocycles. The Bertz CT molecular complexity index is 1060. The molecule has 152 valence electrons. The fourth-order valence-corrected chi connectivity index (χ4v) is 3.53. The van der Waals surface area contributed by atoms with E-state index in [0.717, 1.165) is 37.7 Å². The van der Waals surface area contributed by atoms with Crippen LogP contribution in [-0.2, 0) is 4.79 Å². The van der Waals surface area contributed by atoms with Crippen LogP contribution in [0, 0.1) is 11.3 Å². The lowest BCUT2D eigenvalue weighted by atomic mass is 10.1. The summed E-state index contributed by atoms with van der Waals surface area (Å²) >= 11 is 1.10. The lowest BCUT2D eigenvalue weighted by Crippen LogP contribution is -2.31. The van der Waals surface area contributed by atoms with E-state index in [1.54, 1.807) is 24.5 Å². The van der Waals surface area contributed by atoms with E-state index in [-0.39, 0.29) is 28.3 Å². The predicted molar refractivity (Wildman–Crippen MR) is 110 cm³/mol. The lowest BCUT2D eigenvalue weighted by Gasteiger charge is -2.26. The number of carbonyl (C=O) groups excluding carboxylic acids is 1. The Balaban J connectivity index is 1.39. The van der Waals surface area contributed by atoms with E-state index >= 15 is 0 Å². The highest BCUT2D eigenvalue weighted by atomic mass is 32.2. The number of nitrogens with zero attached hydrogens (tertiary/aromatic N) is 7. The first-order chi connectivity index (χ1) is 14.7. The number of rotatable bonds is 6. The van der Waals surface area contributed by atoms with Crippen LogP contribution in [0.1, 0.15) is 24.8 Å². The van der Waals surface area contributed by atoms with Crippen molar-refractivity contribution in [2.45, 2.75) is 24.5 Å². The van der Waals surface area contributed by atoms with Crippen LogP contribution in [0.2, 0.25) is 0 Å².